The van der Waals surface area contributed by atoms with Crippen LogP contribution in [-0.4, -0.2) is 159 Å². The lowest BCUT2D eigenvalue weighted by atomic mass is 9.97. The van der Waals surface area contributed by atoms with Gasteiger partial charge in [0.25, 0.3) is 0 Å². The van der Waals surface area contributed by atoms with Gasteiger partial charge in [-0.3, -0.25) is 52.7 Å². The van der Waals surface area contributed by atoms with Gasteiger partial charge in [0, 0.05) is 18.6 Å². The molecule has 0 radical (unpaired) electrons. The van der Waals surface area contributed by atoms with Gasteiger partial charge >= 0.3 is 11.9 Å². The summed E-state index contributed by atoms with van der Waals surface area (Å²) in [7, 11) is 0. The van der Waals surface area contributed by atoms with Crippen molar-refractivity contribution in [3.8, 4) is 0 Å². The molecule has 0 aromatic heterocycles. The molecule has 0 fully saturated rings. The van der Waals surface area contributed by atoms with Gasteiger partial charge < -0.3 is 73.7 Å². The van der Waals surface area contributed by atoms with E-state index in [1.165, 1.54) is 27.7 Å². The van der Waals surface area contributed by atoms with Crippen LogP contribution in [0.4, 0.5) is 0 Å². The molecular formula is C42H64N10O15S. The summed E-state index contributed by atoms with van der Waals surface area (Å²) in [6.07, 6.45) is -1.44. The third-order valence-electron chi connectivity index (χ3n) is 10.2. The van der Waals surface area contributed by atoms with Crippen LogP contribution in [0.5, 0.6) is 0 Å². The topological polar surface area (TPSA) is 400 Å². The second-order valence-corrected chi connectivity index (χ2v) is 16.3. The van der Waals surface area contributed by atoms with Crippen molar-refractivity contribution >= 4 is 84.0 Å². The number of hydrogen-bond donors (Lipinski definition) is 14. The minimum Gasteiger partial charge on any atom is -0.481 e. The van der Waals surface area contributed by atoms with Crippen LogP contribution in [0.3, 0.4) is 0 Å². The van der Waals surface area contributed by atoms with Crippen LogP contribution in [0.15, 0.2) is 30.3 Å². The maximum atomic E-state index is 13.5. The Bertz CT molecular complexity index is 1960. The smallest absolute Gasteiger partial charge is 0.305 e. The maximum Gasteiger partial charge on any atom is 0.305 e. The van der Waals surface area contributed by atoms with Gasteiger partial charge in [-0.15, -0.1) is 0 Å². The van der Waals surface area contributed by atoms with Gasteiger partial charge in [0.05, 0.1) is 25.1 Å². The van der Waals surface area contributed by atoms with Gasteiger partial charge in [0.2, 0.25) is 53.2 Å². The molecule has 11 atom stereocenters. The molecule has 0 bridgehead atoms. The fourth-order valence-corrected chi connectivity index (χ4v) is 6.12. The maximum absolute atomic E-state index is 13.5. The zero-order valence-electron chi connectivity index (χ0n) is 38.5. The summed E-state index contributed by atoms with van der Waals surface area (Å²) in [5.74, 6) is -11.5. The number of aliphatic carboxylic acids is 2. The number of hydrogen-bond acceptors (Lipinski definition) is 15. The van der Waals surface area contributed by atoms with E-state index in [4.69, 9.17) is 10.8 Å². The Morgan fingerprint density at radius 3 is 1.50 bits per heavy atom. The van der Waals surface area contributed by atoms with Crippen LogP contribution in [0, 0.1) is 5.92 Å². The van der Waals surface area contributed by atoms with E-state index in [2.05, 4.69) is 60.5 Å². The van der Waals surface area contributed by atoms with Crippen molar-refractivity contribution in [2.45, 2.75) is 134 Å². The van der Waals surface area contributed by atoms with Crippen molar-refractivity contribution in [3.05, 3.63) is 35.9 Å². The molecule has 0 saturated heterocycles. The van der Waals surface area contributed by atoms with Crippen molar-refractivity contribution in [3.63, 3.8) is 0 Å². The van der Waals surface area contributed by atoms with Crippen molar-refractivity contribution in [1.29, 1.82) is 0 Å². The lowest BCUT2D eigenvalue weighted by molar-refractivity contribution is -0.140. The number of nitrogens with two attached hydrogens (primary N) is 1. The van der Waals surface area contributed by atoms with Gasteiger partial charge in [-0.25, -0.2) is 0 Å². The number of benzene rings is 1. The molecule has 0 spiro atoms. The first-order valence-electron chi connectivity index (χ1n) is 21.5. The van der Waals surface area contributed by atoms with E-state index >= 15 is 0 Å². The molecular weight excluding hydrogens is 917 g/mol. The third kappa shape index (κ3) is 20.9. The zero-order valence-corrected chi connectivity index (χ0v) is 39.4. The Labute approximate surface area is 397 Å². The van der Waals surface area contributed by atoms with Crippen LogP contribution >= 0.6 is 12.6 Å². The van der Waals surface area contributed by atoms with Gasteiger partial charge in [0.15, 0.2) is 0 Å². The molecule has 0 aliphatic rings. The van der Waals surface area contributed by atoms with Crippen LogP contribution < -0.4 is 53.6 Å². The van der Waals surface area contributed by atoms with Gasteiger partial charge in [-0.2, -0.15) is 12.6 Å². The Morgan fingerprint density at radius 2 is 1.04 bits per heavy atom. The summed E-state index contributed by atoms with van der Waals surface area (Å²) in [5.41, 5.74) is 6.14. The SMILES string of the molecule is CC[C@H](C)[C@H](NC(=O)[C@H](C)N)C(=O)N[C@@H](C)C(=O)N[C@@H](CS)C(=O)N[C@@H](C)C(=O)N[C@@H](CCC(=O)O)C(=O)N[C@@H](C)C(=O)N[C@@H](Cc1ccccc1)C(=O)N[C@@H](CO)C(=O)N[C@H](C=O)CC(=O)O. The number of carbonyl (C=O) groups excluding carboxylic acids is 10. The highest BCUT2D eigenvalue weighted by molar-refractivity contribution is 7.80. The number of carbonyl (C=O) groups is 12. The van der Waals surface area contributed by atoms with E-state index in [1.54, 1.807) is 44.2 Å². The lowest BCUT2D eigenvalue weighted by Crippen LogP contribution is -2.60. The third-order valence-corrected chi connectivity index (χ3v) is 10.5. The van der Waals surface area contributed by atoms with Crippen LogP contribution in [0.25, 0.3) is 0 Å². The highest BCUT2D eigenvalue weighted by atomic mass is 32.1. The Hall–Kier alpha value is -6.67. The fraction of sp³-hybridized carbons (Fsp3) is 0.571. The fourth-order valence-electron chi connectivity index (χ4n) is 5.87. The molecule has 1 aromatic rings. The first-order valence-corrected chi connectivity index (χ1v) is 22.2. The molecule has 0 aliphatic heterocycles. The van der Waals surface area contributed by atoms with Crippen molar-refractivity contribution in [1.82, 2.24) is 47.9 Å². The predicted octanol–water partition coefficient (Wildman–Crippen LogP) is -4.49. The standard InChI is InChI=1S/C42H64N10O15S/c1-7-20(2)33(52-34(59)21(3)43)42(67)46-24(6)37(62)51-30(19-68)41(66)45-22(4)35(60)48-27(13-14-31(55)56)38(63)44-23(5)36(61)49-28(15-25-11-9-8-10-12-25)39(64)50-29(18-54)40(65)47-26(17-53)16-32(57)58/h8-12,17,20-24,26-30,33,54,68H,7,13-16,18-19,43H2,1-6H3,(H,44,63)(H,45,66)(H,46,67)(H,47,65)(H,48,60)(H,49,61)(H,50,64)(H,51,62)(H,52,59)(H,55,56)(H,57,58)/t20-,21-,22-,23-,24-,26-,27-,28-,29-,30-,33-/m0/s1. The second kappa shape index (κ2) is 29.9. The first kappa shape index (κ1) is 59.3. The number of carboxylic acid groups (broad SMARTS) is 2. The van der Waals surface area contributed by atoms with E-state index in [-0.39, 0.29) is 24.4 Å². The monoisotopic (exact) mass is 980 g/mol. The molecule has 0 heterocycles. The first-order chi connectivity index (χ1) is 31.9. The van der Waals surface area contributed by atoms with Crippen LogP contribution in [0.2, 0.25) is 0 Å². The molecule has 1 rings (SSSR count). The van der Waals surface area contributed by atoms with E-state index in [1.807, 2.05) is 0 Å². The van der Waals surface area contributed by atoms with Crippen molar-refractivity contribution < 1.29 is 72.9 Å². The number of carboxylic acids is 2. The average Bonchev–Trinajstić information content (AvgIpc) is 3.28. The Balaban J connectivity index is 3.10. The highest BCUT2D eigenvalue weighted by Gasteiger charge is 2.34. The molecule has 378 valence electrons. The second-order valence-electron chi connectivity index (χ2n) is 15.9. The number of nitrogens with one attached hydrogen (secondary N) is 9. The summed E-state index contributed by atoms with van der Waals surface area (Å²) in [6.45, 7) is 7.73. The number of aliphatic hydroxyl groups is 1. The van der Waals surface area contributed by atoms with E-state index in [9.17, 15) is 67.7 Å². The average molecular weight is 981 g/mol. The Morgan fingerprint density at radius 1 is 0.588 bits per heavy atom. The minimum atomic E-state index is -1.70. The zero-order chi connectivity index (χ0) is 51.8. The summed E-state index contributed by atoms with van der Waals surface area (Å²) in [6, 6.07) is -5.42. The van der Waals surface area contributed by atoms with E-state index < -0.39 is 151 Å². The molecule has 14 N–H and O–H groups in total. The summed E-state index contributed by atoms with van der Waals surface area (Å²) < 4.78 is 0. The lowest BCUT2D eigenvalue weighted by Gasteiger charge is -2.27. The van der Waals surface area contributed by atoms with Crippen molar-refractivity contribution in [2.24, 2.45) is 11.7 Å². The highest BCUT2D eigenvalue weighted by Crippen LogP contribution is 2.10. The molecule has 9 amide bonds. The summed E-state index contributed by atoms with van der Waals surface area (Å²) >= 11 is 4.12. The van der Waals surface area contributed by atoms with E-state index in [0.717, 1.165) is 0 Å². The Kier molecular flexibility index (Phi) is 26.1. The molecule has 68 heavy (non-hydrogen) atoms. The number of aldehydes is 1. The normalized spacial score (nSPS) is 15.7. The predicted molar refractivity (Wildman–Crippen MR) is 244 cm³/mol. The van der Waals surface area contributed by atoms with E-state index in [0.29, 0.717) is 12.0 Å². The summed E-state index contributed by atoms with van der Waals surface area (Å²) in [5, 5.41) is 49.4. The number of aliphatic hydroxyl groups excluding tert-OH is 1. The molecule has 0 unspecified atom stereocenters. The molecule has 0 saturated carbocycles. The summed E-state index contributed by atoms with van der Waals surface area (Å²) in [4.78, 5) is 152. The quantitative estimate of drug-likeness (QED) is 0.0255. The molecule has 1 aromatic carbocycles. The molecule has 26 heteroatoms. The van der Waals surface area contributed by atoms with Gasteiger partial charge in [-0.05, 0) is 45.6 Å². The number of amides is 9. The van der Waals surface area contributed by atoms with Crippen LogP contribution in [-0.2, 0) is 64.0 Å². The molecule has 25 nitrogen and oxygen atoms in total. The van der Waals surface area contributed by atoms with Gasteiger partial charge in [-0.1, -0.05) is 50.6 Å². The van der Waals surface area contributed by atoms with Gasteiger partial charge in [0.1, 0.15) is 54.6 Å². The van der Waals surface area contributed by atoms with Crippen LogP contribution in [0.1, 0.15) is 72.8 Å². The number of thiol groups is 1. The minimum absolute atomic E-state index is 0.157. The number of rotatable bonds is 30. The largest absolute Gasteiger partial charge is 0.481 e. The molecule has 0 aliphatic carbocycles. The van der Waals surface area contributed by atoms with Crippen molar-refractivity contribution in [2.75, 3.05) is 12.4 Å².